The van der Waals surface area contributed by atoms with Gasteiger partial charge in [0, 0.05) is 13.1 Å². The molecule has 0 unspecified atom stereocenters. The smallest absolute Gasteiger partial charge is 0.165 e. The maximum Gasteiger partial charge on any atom is 0.165 e. The summed E-state index contributed by atoms with van der Waals surface area (Å²) in [5.74, 6) is -0.0764. The van der Waals surface area contributed by atoms with E-state index in [4.69, 9.17) is 10.5 Å². The summed E-state index contributed by atoms with van der Waals surface area (Å²) in [5.41, 5.74) is 8.66. The summed E-state index contributed by atoms with van der Waals surface area (Å²) in [6.45, 7) is 3.59. The van der Waals surface area contributed by atoms with E-state index in [2.05, 4.69) is 11.8 Å². The molecule has 21 heavy (non-hydrogen) atoms. The zero-order valence-electron chi connectivity index (χ0n) is 12.5. The summed E-state index contributed by atoms with van der Waals surface area (Å²) in [6, 6.07) is 12.8. The molecule has 2 N–H and O–H groups in total. The molecule has 2 rings (SSSR count). The number of methoxy groups -OCH3 is 1. The molecular weight excluding hydrogens is 267 g/mol. The van der Waals surface area contributed by atoms with Crippen molar-refractivity contribution in [2.75, 3.05) is 24.3 Å². The lowest BCUT2D eigenvalue weighted by Gasteiger charge is -2.26. The fourth-order valence-electron chi connectivity index (χ4n) is 2.36. The Labute approximate surface area is 125 Å². The summed E-state index contributed by atoms with van der Waals surface area (Å²) in [6.07, 6.45) is 0.993. The van der Waals surface area contributed by atoms with Gasteiger partial charge in [0.25, 0.3) is 0 Å². The van der Waals surface area contributed by atoms with Crippen molar-refractivity contribution in [3.05, 3.63) is 53.8 Å². The molecule has 0 spiro atoms. The molecule has 2 aromatic carbocycles. The second kappa shape index (κ2) is 6.97. The first kappa shape index (κ1) is 15.2. The number of nitrogens with two attached hydrogens (primary N) is 1. The number of hydrogen-bond acceptors (Lipinski definition) is 3. The van der Waals surface area contributed by atoms with E-state index >= 15 is 0 Å². The summed E-state index contributed by atoms with van der Waals surface area (Å²) < 4.78 is 18.7. The molecule has 3 nitrogen and oxygen atoms in total. The lowest BCUT2D eigenvalue weighted by Crippen LogP contribution is -2.24. The van der Waals surface area contributed by atoms with E-state index < -0.39 is 0 Å². The molecule has 0 bridgehead atoms. The molecule has 0 radical (unpaired) electrons. The van der Waals surface area contributed by atoms with Gasteiger partial charge in [-0.3, -0.25) is 0 Å². The molecule has 0 aliphatic carbocycles. The van der Waals surface area contributed by atoms with Gasteiger partial charge in [0.15, 0.2) is 11.6 Å². The second-order valence-corrected chi connectivity index (χ2v) is 4.95. The Balaban J connectivity index is 2.24. The number of rotatable bonds is 6. The first-order valence-corrected chi connectivity index (χ1v) is 7.07. The van der Waals surface area contributed by atoms with Gasteiger partial charge in [-0.25, -0.2) is 4.39 Å². The summed E-state index contributed by atoms with van der Waals surface area (Å²) in [5, 5.41) is 0. The van der Waals surface area contributed by atoms with E-state index in [0.29, 0.717) is 6.54 Å². The Morgan fingerprint density at radius 2 is 1.95 bits per heavy atom. The van der Waals surface area contributed by atoms with E-state index in [1.165, 1.54) is 13.2 Å². The number of benzene rings is 2. The Hall–Kier alpha value is -2.23. The first-order valence-electron chi connectivity index (χ1n) is 7.07. The average Bonchev–Trinajstić information content (AvgIpc) is 2.47. The Morgan fingerprint density at radius 1 is 1.19 bits per heavy atom. The lowest BCUT2D eigenvalue weighted by molar-refractivity contribution is 0.386. The van der Waals surface area contributed by atoms with Crippen LogP contribution in [0.5, 0.6) is 5.75 Å². The van der Waals surface area contributed by atoms with Crippen molar-refractivity contribution in [3.8, 4) is 5.75 Å². The van der Waals surface area contributed by atoms with E-state index in [1.807, 2.05) is 30.3 Å². The van der Waals surface area contributed by atoms with Crippen molar-refractivity contribution in [2.24, 2.45) is 0 Å². The van der Waals surface area contributed by atoms with Crippen molar-refractivity contribution in [1.29, 1.82) is 0 Å². The van der Waals surface area contributed by atoms with Gasteiger partial charge >= 0.3 is 0 Å². The normalized spacial score (nSPS) is 10.4. The monoisotopic (exact) mass is 288 g/mol. The van der Waals surface area contributed by atoms with Crippen molar-refractivity contribution >= 4 is 11.4 Å². The highest BCUT2D eigenvalue weighted by Gasteiger charge is 2.11. The predicted octanol–water partition coefficient (Wildman–Crippen LogP) is 3.83. The molecular formula is C17H21FN2O. The molecule has 0 aromatic heterocycles. The van der Waals surface area contributed by atoms with E-state index in [0.717, 1.165) is 29.9 Å². The fraction of sp³-hybridized carbons (Fsp3) is 0.294. The van der Waals surface area contributed by atoms with E-state index in [9.17, 15) is 4.39 Å². The van der Waals surface area contributed by atoms with Crippen LogP contribution in [-0.4, -0.2) is 13.7 Å². The maximum absolute atomic E-state index is 13.8. The van der Waals surface area contributed by atoms with Gasteiger partial charge < -0.3 is 15.4 Å². The number of nitrogens with zero attached hydrogens (tertiary/aromatic N) is 1. The van der Waals surface area contributed by atoms with Crippen LogP contribution in [0.3, 0.4) is 0 Å². The third kappa shape index (κ3) is 3.66. The minimum Gasteiger partial charge on any atom is -0.494 e. The number of anilines is 2. The van der Waals surface area contributed by atoms with Gasteiger partial charge in [-0.05, 0) is 36.2 Å². The van der Waals surface area contributed by atoms with E-state index in [1.54, 1.807) is 6.07 Å². The summed E-state index contributed by atoms with van der Waals surface area (Å²) >= 11 is 0. The van der Waals surface area contributed by atoms with Crippen LogP contribution in [0, 0.1) is 5.82 Å². The number of hydrogen-bond donors (Lipinski definition) is 1. The standard InChI is InChI=1S/C17H21FN2O/c1-3-10-20(16-7-5-4-6-15(16)19)12-13-8-9-17(21-2)14(18)11-13/h4-9,11H,3,10,12,19H2,1-2H3. The van der Waals surface area contributed by atoms with Gasteiger partial charge in [0.1, 0.15) is 0 Å². The van der Waals surface area contributed by atoms with Crippen LogP contribution in [0.15, 0.2) is 42.5 Å². The van der Waals surface area contributed by atoms with Gasteiger partial charge in [-0.2, -0.15) is 0 Å². The molecule has 0 heterocycles. The topological polar surface area (TPSA) is 38.5 Å². The zero-order chi connectivity index (χ0) is 15.2. The van der Waals surface area contributed by atoms with Crippen molar-refractivity contribution in [1.82, 2.24) is 0 Å². The molecule has 0 amide bonds. The van der Waals surface area contributed by atoms with Crippen LogP contribution in [0.1, 0.15) is 18.9 Å². The minimum atomic E-state index is -0.340. The van der Waals surface area contributed by atoms with Crippen LogP contribution < -0.4 is 15.4 Å². The molecule has 0 atom stereocenters. The Kier molecular flexibility index (Phi) is 5.04. The van der Waals surface area contributed by atoms with Crippen molar-refractivity contribution < 1.29 is 9.13 Å². The molecule has 0 aliphatic rings. The van der Waals surface area contributed by atoms with Gasteiger partial charge in [-0.15, -0.1) is 0 Å². The van der Waals surface area contributed by atoms with Crippen LogP contribution in [0.25, 0.3) is 0 Å². The maximum atomic E-state index is 13.8. The quantitative estimate of drug-likeness (QED) is 0.821. The number of para-hydroxylation sites is 2. The van der Waals surface area contributed by atoms with Gasteiger partial charge in [0.2, 0.25) is 0 Å². The fourth-order valence-corrected chi connectivity index (χ4v) is 2.36. The van der Waals surface area contributed by atoms with Crippen LogP contribution >= 0.6 is 0 Å². The number of halogens is 1. The second-order valence-electron chi connectivity index (χ2n) is 4.95. The highest BCUT2D eigenvalue weighted by molar-refractivity contribution is 5.67. The zero-order valence-corrected chi connectivity index (χ0v) is 12.5. The Morgan fingerprint density at radius 3 is 2.57 bits per heavy atom. The molecule has 112 valence electrons. The van der Waals surface area contributed by atoms with E-state index in [-0.39, 0.29) is 11.6 Å². The average molecular weight is 288 g/mol. The lowest BCUT2D eigenvalue weighted by atomic mass is 10.1. The number of ether oxygens (including phenoxy) is 1. The van der Waals surface area contributed by atoms with Gasteiger partial charge in [-0.1, -0.05) is 25.1 Å². The summed E-state index contributed by atoms with van der Waals surface area (Å²) in [4.78, 5) is 2.16. The molecule has 0 fully saturated rings. The molecule has 0 saturated heterocycles. The highest BCUT2D eigenvalue weighted by atomic mass is 19.1. The summed E-state index contributed by atoms with van der Waals surface area (Å²) in [7, 11) is 1.46. The van der Waals surface area contributed by atoms with Crippen LogP contribution in [-0.2, 0) is 6.54 Å². The van der Waals surface area contributed by atoms with Crippen molar-refractivity contribution in [2.45, 2.75) is 19.9 Å². The number of nitrogen functional groups attached to an aromatic ring is 1. The third-order valence-corrected chi connectivity index (χ3v) is 3.36. The molecule has 0 saturated carbocycles. The molecule has 2 aromatic rings. The largest absolute Gasteiger partial charge is 0.494 e. The highest BCUT2D eigenvalue weighted by Crippen LogP contribution is 2.26. The van der Waals surface area contributed by atoms with Crippen LogP contribution in [0.4, 0.5) is 15.8 Å². The predicted molar refractivity (Wildman–Crippen MR) is 85.1 cm³/mol. The SMILES string of the molecule is CCCN(Cc1ccc(OC)c(F)c1)c1ccccc1N. The molecule has 0 aliphatic heterocycles. The Bertz CT molecular complexity index is 601. The first-order chi connectivity index (χ1) is 10.2. The van der Waals surface area contributed by atoms with Gasteiger partial charge in [0.05, 0.1) is 18.5 Å². The van der Waals surface area contributed by atoms with Crippen LogP contribution in [0.2, 0.25) is 0 Å². The molecule has 4 heteroatoms. The van der Waals surface area contributed by atoms with Crippen molar-refractivity contribution in [3.63, 3.8) is 0 Å². The minimum absolute atomic E-state index is 0.264. The third-order valence-electron chi connectivity index (χ3n) is 3.36.